The quantitative estimate of drug-likeness (QED) is 0.919. The minimum atomic E-state index is -4.03. The Kier molecular flexibility index (Phi) is 3.24. The summed E-state index contributed by atoms with van der Waals surface area (Å²) < 4.78 is 39.5. The first kappa shape index (κ1) is 12.4. The summed E-state index contributed by atoms with van der Waals surface area (Å²) >= 11 is 0. The Balaban J connectivity index is 2.40. The smallest absolute Gasteiger partial charge is 0.278 e. The van der Waals surface area contributed by atoms with Gasteiger partial charge in [-0.3, -0.25) is 9.71 Å². The molecule has 2 rings (SSSR count). The van der Waals surface area contributed by atoms with Gasteiger partial charge in [-0.15, -0.1) is 0 Å². The maximum absolute atomic E-state index is 13.4. The number of pyridine rings is 2. The Bertz CT molecular complexity index is 673. The number of aromatic nitrogens is 2. The van der Waals surface area contributed by atoms with Crippen LogP contribution >= 0.6 is 0 Å². The molecule has 0 saturated heterocycles. The Morgan fingerprint density at radius 1 is 1.28 bits per heavy atom. The summed E-state index contributed by atoms with van der Waals surface area (Å²) in [6, 6.07) is 3.86. The molecule has 0 aliphatic rings. The van der Waals surface area contributed by atoms with Crippen LogP contribution in [0.1, 0.15) is 5.56 Å². The summed E-state index contributed by atoms with van der Waals surface area (Å²) in [5.41, 5.74) is 0.979. The molecule has 94 valence electrons. The zero-order valence-corrected chi connectivity index (χ0v) is 10.3. The average molecular weight is 267 g/mol. The van der Waals surface area contributed by atoms with Crippen molar-refractivity contribution in [3.05, 3.63) is 48.2 Å². The molecule has 0 unspecified atom stereocenters. The fourth-order valence-corrected chi connectivity index (χ4v) is 2.49. The van der Waals surface area contributed by atoms with Crippen molar-refractivity contribution in [2.45, 2.75) is 11.9 Å². The molecule has 0 atom stereocenters. The Morgan fingerprint density at radius 2 is 2.06 bits per heavy atom. The molecule has 7 heteroatoms. The topological polar surface area (TPSA) is 72.0 Å². The van der Waals surface area contributed by atoms with Gasteiger partial charge in [-0.05, 0) is 30.7 Å². The third-order valence-electron chi connectivity index (χ3n) is 2.24. The third-order valence-corrected chi connectivity index (χ3v) is 3.54. The Hall–Kier alpha value is -2.02. The van der Waals surface area contributed by atoms with Gasteiger partial charge in [0.25, 0.3) is 10.0 Å². The van der Waals surface area contributed by atoms with Gasteiger partial charge < -0.3 is 0 Å². The summed E-state index contributed by atoms with van der Waals surface area (Å²) in [4.78, 5) is 7.38. The van der Waals surface area contributed by atoms with E-state index in [1.807, 2.05) is 0 Å². The predicted octanol–water partition coefficient (Wildman–Crippen LogP) is 1.72. The fraction of sp³-hybridized carbons (Fsp3) is 0.0909. The lowest BCUT2D eigenvalue weighted by atomic mass is 10.3. The molecule has 0 aromatic carbocycles. The first-order valence-corrected chi connectivity index (χ1v) is 6.53. The number of hydrogen-bond donors (Lipinski definition) is 1. The number of sulfonamides is 1. The van der Waals surface area contributed by atoms with Crippen LogP contribution in [0.25, 0.3) is 0 Å². The van der Waals surface area contributed by atoms with Crippen molar-refractivity contribution in [1.29, 1.82) is 0 Å². The molecule has 0 spiro atoms. The van der Waals surface area contributed by atoms with Crippen LogP contribution in [-0.2, 0) is 10.0 Å². The van der Waals surface area contributed by atoms with Crippen molar-refractivity contribution < 1.29 is 12.8 Å². The van der Waals surface area contributed by atoms with E-state index < -0.39 is 20.9 Å². The molecule has 0 bridgehead atoms. The lowest BCUT2D eigenvalue weighted by Crippen LogP contribution is -2.16. The minimum Gasteiger partial charge on any atom is -0.278 e. The highest BCUT2D eigenvalue weighted by atomic mass is 32.2. The standard InChI is InChI=1S/C11H10FN3O2S/c1-8-7-13-6-4-10(8)15-18(16,17)11-9(12)3-2-5-14-11/h2-7H,1H3,(H,13,15). The summed E-state index contributed by atoms with van der Waals surface area (Å²) in [6.45, 7) is 1.69. The number of halogens is 1. The fourth-order valence-electron chi connectivity index (χ4n) is 1.35. The highest BCUT2D eigenvalue weighted by molar-refractivity contribution is 7.92. The molecule has 18 heavy (non-hydrogen) atoms. The van der Waals surface area contributed by atoms with E-state index in [4.69, 9.17) is 0 Å². The largest absolute Gasteiger partial charge is 0.282 e. The second-order valence-electron chi connectivity index (χ2n) is 3.59. The molecule has 0 fully saturated rings. The zero-order chi connectivity index (χ0) is 13.2. The summed E-state index contributed by atoms with van der Waals surface area (Å²) in [6.07, 6.45) is 4.17. The second kappa shape index (κ2) is 4.69. The van der Waals surface area contributed by atoms with E-state index in [1.54, 1.807) is 6.92 Å². The lowest BCUT2D eigenvalue weighted by Gasteiger charge is -2.09. The van der Waals surface area contributed by atoms with Gasteiger partial charge in [0.15, 0.2) is 5.82 Å². The monoisotopic (exact) mass is 267 g/mol. The van der Waals surface area contributed by atoms with E-state index in [2.05, 4.69) is 14.7 Å². The van der Waals surface area contributed by atoms with Crippen molar-refractivity contribution in [2.24, 2.45) is 0 Å². The first-order valence-electron chi connectivity index (χ1n) is 5.04. The van der Waals surface area contributed by atoms with Crippen molar-refractivity contribution in [3.63, 3.8) is 0 Å². The van der Waals surface area contributed by atoms with E-state index in [0.717, 1.165) is 6.07 Å². The molecular weight excluding hydrogens is 257 g/mol. The number of hydrogen-bond acceptors (Lipinski definition) is 4. The third kappa shape index (κ3) is 2.45. The molecule has 2 heterocycles. The van der Waals surface area contributed by atoms with Crippen molar-refractivity contribution in [1.82, 2.24) is 9.97 Å². The predicted molar refractivity (Wildman–Crippen MR) is 64.0 cm³/mol. The molecular formula is C11H10FN3O2S. The molecule has 0 aliphatic carbocycles. The van der Waals surface area contributed by atoms with Crippen molar-refractivity contribution >= 4 is 15.7 Å². The van der Waals surface area contributed by atoms with Crippen LogP contribution in [0.4, 0.5) is 10.1 Å². The van der Waals surface area contributed by atoms with Gasteiger partial charge in [-0.25, -0.2) is 9.37 Å². The zero-order valence-electron chi connectivity index (χ0n) is 9.46. The van der Waals surface area contributed by atoms with Gasteiger partial charge in [0, 0.05) is 18.6 Å². The minimum absolute atomic E-state index is 0.343. The highest BCUT2D eigenvalue weighted by Crippen LogP contribution is 2.18. The SMILES string of the molecule is Cc1cnccc1NS(=O)(=O)c1ncccc1F. The van der Waals surface area contributed by atoms with Gasteiger partial charge in [0.2, 0.25) is 5.03 Å². The first-order chi connectivity index (χ1) is 8.50. The molecule has 5 nitrogen and oxygen atoms in total. The number of rotatable bonds is 3. The van der Waals surface area contributed by atoms with Gasteiger partial charge in [-0.1, -0.05) is 0 Å². The normalized spacial score (nSPS) is 11.2. The summed E-state index contributed by atoms with van der Waals surface area (Å²) in [5.74, 6) is -0.892. The van der Waals surface area contributed by atoms with Gasteiger partial charge >= 0.3 is 0 Å². The van der Waals surface area contributed by atoms with Gasteiger partial charge in [-0.2, -0.15) is 8.42 Å². The van der Waals surface area contributed by atoms with Crippen LogP contribution in [-0.4, -0.2) is 18.4 Å². The maximum Gasteiger partial charge on any atom is 0.282 e. The second-order valence-corrected chi connectivity index (χ2v) is 5.18. The highest BCUT2D eigenvalue weighted by Gasteiger charge is 2.20. The Morgan fingerprint density at radius 3 is 2.72 bits per heavy atom. The lowest BCUT2D eigenvalue weighted by molar-refractivity contribution is 0.557. The number of aryl methyl sites for hydroxylation is 1. The number of nitrogens with zero attached hydrogens (tertiary/aromatic N) is 2. The molecule has 2 aromatic heterocycles. The molecule has 0 aliphatic heterocycles. The Labute approximate surface area is 104 Å². The van der Waals surface area contributed by atoms with Crippen molar-refractivity contribution in [3.8, 4) is 0 Å². The van der Waals surface area contributed by atoms with E-state index >= 15 is 0 Å². The van der Waals surface area contributed by atoms with Gasteiger partial charge in [0.1, 0.15) is 0 Å². The molecule has 1 N–H and O–H groups in total. The van der Waals surface area contributed by atoms with Crippen LogP contribution in [0.5, 0.6) is 0 Å². The average Bonchev–Trinajstić information content (AvgIpc) is 2.32. The van der Waals surface area contributed by atoms with Crippen LogP contribution in [0, 0.1) is 12.7 Å². The van der Waals surface area contributed by atoms with Crippen LogP contribution in [0.15, 0.2) is 41.8 Å². The van der Waals surface area contributed by atoms with E-state index in [1.165, 1.54) is 30.7 Å². The molecule has 2 aromatic rings. The van der Waals surface area contributed by atoms with Gasteiger partial charge in [0.05, 0.1) is 5.69 Å². The van der Waals surface area contributed by atoms with Crippen LogP contribution in [0.3, 0.4) is 0 Å². The van der Waals surface area contributed by atoms with E-state index in [-0.39, 0.29) is 0 Å². The molecule has 0 saturated carbocycles. The number of nitrogens with one attached hydrogen (secondary N) is 1. The van der Waals surface area contributed by atoms with Crippen LogP contribution < -0.4 is 4.72 Å². The maximum atomic E-state index is 13.4. The van der Waals surface area contributed by atoms with Crippen molar-refractivity contribution in [2.75, 3.05) is 4.72 Å². The summed E-state index contributed by atoms with van der Waals surface area (Å²) in [5, 5.41) is -0.624. The van der Waals surface area contributed by atoms with E-state index in [9.17, 15) is 12.8 Å². The molecule has 0 radical (unpaired) electrons. The van der Waals surface area contributed by atoms with Crippen LogP contribution in [0.2, 0.25) is 0 Å². The summed E-state index contributed by atoms with van der Waals surface area (Å²) in [7, 11) is -4.03. The molecule has 0 amide bonds. The van der Waals surface area contributed by atoms with E-state index in [0.29, 0.717) is 11.3 Å². The number of anilines is 1.